The largest absolute Gasteiger partial charge is 0.511 e. The Morgan fingerprint density at radius 3 is 2.11 bits per heavy atom. The highest BCUT2D eigenvalue weighted by atomic mass is 32.2. The van der Waals surface area contributed by atoms with Crippen LogP contribution in [0.3, 0.4) is 0 Å². The standard InChI is InChI=1S/C9H17F3N2O3S/c1-4-5-8(3,14-7(2)15)6-13-18(16,17)9(10,11)12/h13H,4-6H2,1-3H3,(H,14,15). The second-order valence-corrected chi connectivity index (χ2v) is 6.02. The van der Waals surface area contributed by atoms with Crippen LogP contribution in [0.1, 0.15) is 33.6 Å². The Morgan fingerprint density at radius 1 is 1.28 bits per heavy atom. The van der Waals surface area contributed by atoms with Gasteiger partial charge in [0.25, 0.3) is 0 Å². The van der Waals surface area contributed by atoms with E-state index in [1.807, 2.05) is 0 Å². The van der Waals surface area contributed by atoms with Crippen molar-refractivity contribution in [1.82, 2.24) is 10.0 Å². The summed E-state index contributed by atoms with van der Waals surface area (Å²) in [6, 6.07) is 0. The van der Waals surface area contributed by atoms with E-state index in [1.54, 1.807) is 6.92 Å². The molecular formula is C9H17F3N2O3S. The molecule has 0 aromatic rings. The van der Waals surface area contributed by atoms with Crippen LogP contribution in [0.4, 0.5) is 13.2 Å². The van der Waals surface area contributed by atoms with Gasteiger partial charge in [-0.2, -0.15) is 13.2 Å². The van der Waals surface area contributed by atoms with Crippen molar-refractivity contribution in [2.45, 2.75) is 44.7 Å². The quantitative estimate of drug-likeness (QED) is 0.769. The van der Waals surface area contributed by atoms with Crippen LogP contribution >= 0.6 is 0 Å². The molecular weight excluding hydrogens is 273 g/mol. The predicted octanol–water partition coefficient (Wildman–Crippen LogP) is 1.12. The summed E-state index contributed by atoms with van der Waals surface area (Å²) in [6.45, 7) is 3.96. The van der Waals surface area contributed by atoms with Gasteiger partial charge >= 0.3 is 15.5 Å². The van der Waals surface area contributed by atoms with Gasteiger partial charge in [-0.3, -0.25) is 4.79 Å². The van der Waals surface area contributed by atoms with Crippen LogP contribution in [0.5, 0.6) is 0 Å². The summed E-state index contributed by atoms with van der Waals surface area (Å²) in [5.41, 5.74) is -6.39. The smallest absolute Gasteiger partial charge is 0.350 e. The fourth-order valence-corrected chi connectivity index (χ4v) is 2.18. The molecule has 0 rings (SSSR count). The fourth-order valence-electron chi connectivity index (χ4n) is 1.51. The number of hydrogen-bond acceptors (Lipinski definition) is 3. The Kier molecular flexibility index (Phi) is 5.60. The average Bonchev–Trinajstić information content (AvgIpc) is 2.12. The molecule has 0 saturated carbocycles. The first kappa shape index (κ1) is 17.2. The van der Waals surface area contributed by atoms with Crippen molar-refractivity contribution in [2.24, 2.45) is 0 Å². The van der Waals surface area contributed by atoms with Crippen molar-refractivity contribution >= 4 is 15.9 Å². The summed E-state index contributed by atoms with van der Waals surface area (Å²) in [5.74, 6) is -0.433. The van der Waals surface area contributed by atoms with Crippen molar-refractivity contribution in [2.75, 3.05) is 6.54 Å². The molecule has 0 saturated heterocycles. The van der Waals surface area contributed by atoms with Crippen LogP contribution in [0.25, 0.3) is 0 Å². The number of amides is 1. The van der Waals surface area contributed by atoms with Gasteiger partial charge in [-0.1, -0.05) is 13.3 Å². The van der Waals surface area contributed by atoms with Gasteiger partial charge in [0.05, 0.1) is 5.54 Å². The third-order valence-corrected chi connectivity index (χ3v) is 3.37. The zero-order valence-corrected chi connectivity index (χ0v) is 11.2. The molecule has 2 N–H and O–H groups in total. The molecule has 1 atom stereocenters. The summed E-state index contributed by atoms with van der Waals surface area (Å²) < 4.78 is 59.5. The summed E-state index contributed by atoms with van der Waals surface area (Å²) in [5, 5.41) is 2.45. The minimum atomic E-state index is -5.39. The van der Waals surface area contributed by atoms with Crippen LogP contribution in [0.2, 0.25) is 0 Å². The molecule has 0 aliphatic carbocycles. The number of carbonyl (C=O) groups is 1. The Labute approximate surface area is 104 Å². The first-order chi connectivity index (χ1) is 7.93. The highest BCUT2D eigenvalue weighted by Gasteiger charge is 2.46. The zero-order valence-electron chi connectivity index (χ0n) is 10.4. The first-order valence-electron chi connectivity index (χ1n) is 5.28. The fraction of sp³-hybridized carbons (Fsp3) is 0.889. The molecule has 1 unspecified atom stereocenters. The normalized spacial score (nSPS) is 16.1. The van der Waals surface area contributed by atoms with Gasteiger partial charge in [-0.15, -0.1) is 0 Å². The predicted molar refractivity (Wildman–Crippen MR) is 60.1 cm³/mol. The van der Waals surface area contributed by atoms with Gasteiger partial charge in [0.1, 0.15) is 0 Å². The van der Waals surface area contributed by atoms with E-state index in [-0.39, 0.29) is 0 Å². The Bertz CT molecular complexity index is 394. The molecule has 0 bridgehead atoms. The molecule has 108 valence electrons. The van der Waals surface area contributed by atoms with Crippen molar-refractivity contribution in [3.63, 3.8) is 0 Å². The van der Waals surface area contributed by atoms with Gasteiger partial charge < -0.3 is 5.32 Å². The number of nitrogens with one attached hydrogen (secondary N) is 2. The molecule has 18 heavy (non-hydrogen) atoms. The maximum Gasteiger partial charge on any atom is 0.511 e. The molecule has 0 spiro atoms. The van der Waals surface area contributed by atoms with Gasteiger partial charge in [-0.25, -0.2) is 13.1 Å². The third kappa shape index (κ3) is 5.21. The van der Waals surface area contributed by atoms with E-state index in [0.29, 0.717) is 12.8 Å². The average molecular weight is 290 g/mol. The lowest BCUT2D eigenvalue weighted by atomic mass is 9.96. The lowest BCUT2D eigenvalue weighted by Crippen LogP contribution is -2.54. The zero-order chi connectivity index (χ0) is 14.6. The molecule has 0 radical (unpaired) electrons. The monoisotopic (exact) mass is 290 g/mol. The van der Waals surface area contributed by atoms with E-state index in [0.717, 1.165) is 0 Å². The van der Waals surface area contributed by atoms with Gasteiger partial charge in [-0.05, 0) is 13.3 Å². The van der Waals surface area contributed by atoms with Crippen LogP contribution in [0.15, 0.2) is 0 Å². The van der Waals surface area contributed by atoms with E-state index >= 15 is 0 Å². The maximum atomic E-state index is 12.1. The van der Waals surface area contributed by atoms with Crippen LogP contribution < -0.4 is 10.0 Å². The van der Waals surface area contributed by atoms with E-state index < -0.39 is 33.5 Å². The van der Waals surface area contributed by atoms with Crippen molar-refractivity contribution in [3.8, 4) is 0 Å². The number of carbonyl (C=O) groups excluding carboxylic acids is 1. The maximum absolute atomic E-state index is 12.1. The highest BCUT2D eigenvalue weighted by Crippen LogP contribution is 2.22. The van der Waals surface area contributed by atoms with Crippen molar-refractivity contribution in [1.29, 1.82) is 0 Å². The molecule has 0 fully saturated rings. The second kappa shape index (κ2) is 5.87. The summed E-state index contributed by atoms with van der Waals surface area (Å²) in [7, 11) is -5.39. The Hall–Kier alpha value is -0.830. The molecule has 0 aliphatic rings. The Morgan fingerprint density at radius 2 is 1.78 bits per heavy atom. The summed E-state index contributed by atoms with van der Waals surface area (Å²) in [6.07, 6.45) is 0.942. The molecule has 1 amide bonds. The van der Waals surface area contributed by atoms with Crippen molar-refractivity contribution < 1.29 is 26.4 Å². The number of rotatable bonds is 6. The molecule has 0 aliphatic heterocycles. The third-order valence-electron chi connectivity index (χ3n) is 2.24. The number of alkyl halides is 3. The molecule has 0 heterocycles. The minimum absolute atomic E-state index is 0.354. The molecule has 9 heteroatoms. The number of halogens is 3. The van der Waals surface area contributed by atoms with Gasteiger partial charge in [0.15, 0.2) is 0 Å². The van der Waals surface area contributed by atoms with Gasteiger partial charge in [0, 0.05) is 13.5 Å². The summed E-state index contributed by atoms with van der Waals surface area (Å²) >= 11 is 0. The summed E-state index contributed by atoms with van der Waals surface area (Å²) in [4.78, 5) is 10.9. The van der Waals surface area contributed by atoms with Crippen LogP contribution in [-0.4, -0.2) is 31.9 Å². The lowest BCUT2D eigenvalue weighted by molar-refractivity contribution is -0.120. The number of sulfonamides is 1. The number of hydrogen-bond donors (Lipinski definition) is 2. The lowest BCUT2D eigenvalue weighted by Gasteiger charge is -2.30. The topological polar surface area (TPSA) is 75.3 Å². The molecule has 5 nitrogen and oxygen atoms in total. The van der Waals surface area contributed by atoms with Gasteiger partial charge in [0.2, 0.25) is 5.91 Å². The minimum Gasteiger partial charge on any atom is -0.350 e. The molecule has 0 aromatic heterocycles. The van der Waals surface area contributed by atoms with E-state index in [1.165, 1.54) is 18.6 Å². The second-order valence-electron chi connectivity index (χ2n) is 4.26. The SMILES string of the molecule is CCCC(C)(CNS(=O)(=O)C(F)(F)F)NC(C)=O. The van der Waals surface area contributed by atoms with E-state index in [9.17, 15) is 26.4 Å². The molecule has 0 aromatic carbocycles. The van der Waals surface area contributed by atoms with E-state index in [2.05, 4.69) is 5.32 Å². The Balaban J connectivity index is 4.78. The van der Waals surface area contributed by atoms with Crippen LogP contribution in [-0.2, 0) is 14.8 Å². The van der Waals surface area contributed by atoms with E-state index in [4.69, 9.17) is 0 Å². The van der Waals surface area contributed by atoms with Crippen molar-refractivity contribution in [3.05, 3.63) is 0 Å². The highest BCUT2D eigenvalue weighted by molar-refractivity contribution is 7.90. The van der Waals surface area contributed by atoms with Crippen LogP contribution in [0, 0.1) is 0 Å². The first-order valence-corrected chi connectivity index (χ1v) is 6.76.